The van der Waals surface area contributed by atoms with Crippen LogP contribution in [0.1, 0.15) is 32.6 Å². The van der Waals surface area contributed by atoms with E-state index in [0.29, 0.717) is 6.61 Å². The zero-order chi connectivity index (χ0) is 15.8. The Morgan fingerprint density at radius 3 is 3.00 bits per heavy atom. The molecule has 5 nitrogen and oxygen atoms in total. The third-order valence-corrected chi connectivity index (χ3v) is 3.81. The Morgan fingerprint density at radius 2 is 2.27 bits per heavy atom. The molecule has 1 fully saturated rings. The predicted molar refractivity (Wildman–Crippen MR) is 89.2 cm³/mol. The smallest absolute Gasteiger partial charge is 0.253 e. The molecule has 1 saturated heterocycles. The van der Waals surface area contributed by atoms with E-state index in [0.717, 1.165) is 30.9 Å². The zero-order valence-corrected chi connectivity index (χ0v) is 13.3. The van der Waals surface area contributed by atoms with Gasteiger partial charge >= 0.3 is 0 Å². The van der Waals surface area contributed by atoms with Gasteiger partial charge in [0.15, 0.2) is 0 Å². The standard InChI is InChI=1S/C17H25N3O2/c1-3-4-12-22-14(2)17(21)19-15-13-18-9-8-16(15)20-10-6-5-7-11-20/h3,8-9,13-14H,1,4-7,10-12H2,2H3,(H,19,21)/t14-/m1/s1. The molecule has 1 N–H and O–H groups in total. The van der Waals surface area contributed by atoms with Crippen molar-refractivity contribution in [3.63, 3.8) is 0 Å². The lowest BCUT2D eigenvalue weighted by molar-refractivity contribution is -0.126. The molecule has 2 rings (SSSR count). The van der Waals surface area contributed by atoms with Crippen molar-refractivity contribution in [3.05, 3.63) is 31.1 Å². The number of carbonyl (C=O) groups is 1. The van der Waals surface area contributed by atoms with Gasteiger partial charge in [-0.1, -0.05) is 6.08 Å². The molecule has 0 saturated carbocycles. The van der Waals surface area contributed by atoms with E-state index in [-0.39, 0.29) is 5.91 Å². The lowest BCUT2D eigenvalue weighted by Crippen LogP contribution is -2.32. The molecule has 0 bridgehead atoms. The summed E-state index contributed by atoms with van der Waals surface area (Å²) in [4.78, 5) is 18.7. The maximum atomic E-state index is 12.2. The molecule has 1 amide bonds. The van der Waals surface area contributed by atoms with E-state index >= 15 is 0 Å². The van der Waals surface area contributed by atoms with Gasteiger partial charge in [0, 0.05) is 19.3 Å². The monoisotopic (exact) mass is 303 g/mol. The third kappa shape index (κ3) is 4.56. The maximum Gasteiger partial charge on any atom is 0.253 e. The number of nitrogens with one attached hydrogen (secondary N) is 1. The Hall–Kier alpha value is -1.88. The normalized spacial score (nSPS) is 16.1. The molecule has 1 aliphatic rings. The summed E-state index contributed by atoms with van der Waals surface area (Å²) in [6.07, 6.45) is 9.16. The van der Waals surface area contributed by atoms with Crippen LogP contribution in [0, 0.1) is 0 Å². The first-order valence-corrected chi connectivity index (χ1v) is 7.94. The van der Waals surface area contributed by atoms with E-state index in [1.807, 2.05) is 6.07 Å². The number of hydrogen-bond donors (Lipinski definition) is 1. The van der Waals surface area contributed by atoms with Crippen molar-refractivity contribution in [2.45, 2.75) is 38.7 Å². The minimum Gasteiger partial charge on any atom is -0.370 e. The van der Waals surface area contributed by atoms with E-state index in [4.69, 9.17) is 4.74 Å². The van der Waals surface area contributed by atoms with Gasteiger partial charge in [-0.3, -0.25) is 9.78 Å². The minimum absolute atomic E-state index is 0.143. The summed E-state index contributed by atoms with van der Waals surface area (Å²) in [5, 5.41) is 2.94. The van der Waals surface area contributed by atoms with Crippen molar-refractivity contribution < 1.29 is 9.53 Å². The quantitative estimate of drug-likeness (QED) is 0.621. The largest absolute Gasteiger partial charge is 0.370 e. The summed E-state index contributed by atoms with van der Waals surface area (Å²) in [6.45, 7) is 7.95. The van der Waals surface area contributed by atoms with E-state index in [9.17, 15) is 4.79 Å². The molecule has 1 aromatic heterocycles. The van der Waals surface area contributed by atoms with Crippen LogP contribution in [-0.4, -0.2) is 36.7 Å². The summed E-state index contributed by atoms with van der Waals surface area (Å²) in [6, 6.07) is 1.96. The van der Waals surface area contributed by atoms with Crippen molar-refractivity contribution in [2.24, 2.45) is 0 Å². The number of rotatable bonds is 7. The van der Waals surface area contributed by atoms with Gasteiger partial charge < -0.3 is 15.0 Å². The first kappa shape index (κ1) is 16.5. The van der Waals surface area contributed by atoms with Crippen LogP contribution in [0.15, 0.2) is 31.1 Å². The van der Waals surface area contributed by atoms with Crippen molar-refractivity contribution in [2.75, 3.05) is 29.9 Å². The molecule has 5 heteroatoms. The van der Waals surface area contributed by atoms with Crippen molar-refractivity contribution >= 4 is 17.3 Å². The number of nitrogens with zero attached hydrogens (tertiary/aromatic N) is 2. The average molecular weight is 303 g/mol. The highest BCUT2D eigenvalue weighted by molar-refractivity contribution is 5.96. The summed E-state index contributed by atoms with van der Waals surface area (Å²) in [7, 11) is 0. The van der Waals surface area contributed by atoms with Crippen LogP contribution in [-0.2, 0) is 9.53 Å². The van der Waals surface area contributed by atoms with Crippen molar-refractivity contribution in [3.8, 4) is 0 Å². The van der Waals surface area contributed by atoms with Crippen LogP contribution >= 0.6 is 0 Å². The summed E-state index contributed by atoms with van der Waals surface area (Å²) in [5.41, 5.74) is 1.80. The van der Waals surface area contributed by atoms with Gasteiger partial charge in [0.05, 0.1) is 24.2 Å². The molecule has 0 radical (unpaired) electrons. The highest BCUT2D eigenvalue weighted by Gasteiger charge is 2.18. The number of hydrogen-bond acceptors (Lipinski definition) is 4. The number of pyridine rings is 1. The highest BCUT2D eigenvalue weighted by atomic mass is 16.5. The Balaban J connectivity index is 1.99. The van der Waals surface area contributed by atoms with Crippen LogP contribution in [0.3, 0.4) is 0 Å². The maximum absolute atomic E-state index is 12.2. The second-order valence-corrected chi connectivity index (χ2v) is 5.52. The van der Waals surface area contributed by atoms with Gasteiger partial charge in [-0.2, -0.15) is 0 Å². The average Bonchev–Trinajstić information content (AvgIpc) is 2.56. The molecular formula is C17H25N3O2. The fraction of sp³-hybridized carbons (Fsp3) is 0.529. The second-order valence-electron chi connectivity index (χ2n) is 5.52. The first-order chi connectivity index (χ1) is 10.7. The number of amides is 1. The van der Waals surface area contributed by atoms with Gasteiger partial charge in [-0.05, 0) is 38.7 Å². The molecule has 0 spiro atoms. The first-order valence-electron chi connectivity index (χ1n) is 7.94. The summed E-state index contributed by atoms with van der Waals surface area (Å²) < 4.78 is 5.48. The minimum atomic E-state index is -0.491. The van der Waals surface area contributed by atoms with Crippen LogP contribution in [0.25, 0.3) is 0 Å². The molecule has 120 valence electrons. The summed E-state index contributed by atoms with van der Waals surface area (Å²) >= 11 is 0. The number of piperidine rings is 1. The van der Waals surface area contributed by atoms with E-state index in [2.05, 4.69) is 21.8 Å². The molecule has 0 aromatic carbocycles. The number of carbonyl (C=O) groups excluding carboxylic acids is 1. The van der Waals surface area contributed by atoms with E-state index in [1.165, 1.54) is 19.3 Å². The van der Waals surface area contributed by atoms with Crippen LogP contribution in [0.4, 0.5) is 11.4 Å². The second kappa shape index (κ2) is 8.54. The van der Waals surface area contributed by atoms with E-state index in [1.54, 1.807) is 25.4 Å². The molecule has 1 aliphatic heterocycles. The van der Waals surface area contributed by atoms with Crippen LogP contribution in [0.2, 0.25) is 0 Å². The molecular weight excluding hydrogens is 278 g/mol. The van der Waals surface area contributed by atoms with Crippen LogP contribution < -0.4 is 10.2 Å². The lowest BCUT2D eigenvalue weighted by atomic mass is 10.1. The fourth-order valence-electron chi connectivity index (χ4n) is 2.53. The third-order valence-electron chi connectivity index (χ3n) is 3.81. The lowest BCUT2D eigenvalue weighted by Gasteiger charge is -2.30. The summed E-state index contributed by atoms with van der Waals surface area (Å²) in [5.74, 6) is -0.143. The molecule has 0 unspecified atom stereocenters. The molecule has 1 atom stereocenters. The van der Waals surface area contributed by atoms with Crippen molar-refractivity contribution in [1.82, 2.24) is 4.98 Å². The van der Waals surface area contributed by atoms with Gasteiger partial charge in [0.2, 0.25) is 0 Å². The number of aromatic nitrogens is 1. The van der Waals surface area contributed by atoms with E-state index < -0.39 is 6.10 Å². The van der Waals surface area contributed by atoms with Crippen LogP contribution in [0.5, 0.6) is 0 Å². The van der Waals surface area contributed by atoms with Gasteiger partial charge in [-0.25, -0.2) is 0 Å². The van der Waals surface area contributed by atoms with Gasteiger partial charge in [-0.15, -0.1) is 6.58 Å². The Kier molecular flexibility index (Phi) is 6.40. The predicted octanol–water partition coefficient (Wildman–Crippen LogP) is 2.99. The Morgan fingerprint density at radius 1 is 1.50 bits per heavy atom. The highest BCUT2D eigenvalue weighted by Crippen LogP contribution is 2.27. The number of ether oxygens (including phenoxy) is 1. The Labute approximate surface area is 132 Å². The van der Waals surface area contributed by atoms with Gasteiger partial charge in [0.1, 0.15) is 6.10 Å². The molecule has 1 aromatic rings. The molecule has 22 heavy (non-hydrogen) atoms. The number of anilines is 2. The SMILES string of the molecule is C=CCCO[C@H](C)C(=O)Nc1cnccc1N1CCCCC1. The topological polar surface area (TPSA) is 54.5 Å². The van der Waals surface area contributed by atoms with Gasteiger partial charge in [0.25, 0.3) is 5.91 Å². The molecule has 0 aliphatic carbocycles. The molecule has 2 heterocycles. The fourth-order valence-corrected chi connectivity index (χ4v) is 2.53. The zero-order valence-electron chi connectivity index (χ0n) is 13.3. The Bertz CT molecular complexity index is 498. The van der Waals surface area contributed by atoms with Crippen molar-refractivity contribution in [1.29, 1.82) is 0 Å².